The third-order valence-corrected chi connectivity index (χ3v) is 6.65. The Morgan fingerprint density at radius 2 is 1.78 bits per heavy atom. The van der Waals surface area contributed by atoms with Crippen LogP contribution in [0.5, 0.6) is 0 Å². The van der Waals surface area contributed by atoms with Gasteiger partial charge in [-0.05, 0) is 57.1 Å². The minimum atomic E-state index is -4.23. The fraction of sp³-hybridized carbons (Fsp3) is 0.500. The van der Waals surface area contributed by atoms with E-state index in [1.54, 1.807) is 12.3 Å². The highest BCUT2D eigenvalue weighted by molar-refractivity contribution is 8.00. The maximum atomic E-state index is 14.6. The van der Waals surface area contributed by atoms with Crippen LogP contribution in [-0.4, -0.2) is 47.0 Å². The molecule has 202 valence electrons. The maximum absolute atomic E-state index is 14.6. The second-order valence-electron chi connectivity index (χ2n) is 8.94. The van der Waals surface area contributed by atoms with Gasteiger partial charge in [0.2, 0.25) is 5.95 Å². The van der Waals surface area contributed by atoms with Gasteiger partial charge in [-0.15, -0.1) is 0 Å². The predicted molar refractivity (Wildman–Crippen MR) is 144 cm³/mol. The van der Waals surface area contributed by atoms with Gasteiger partial charge in [-0.1, -0.05) is 44.2 Å². The zero-order valence-corrected chi connectivity index (χ0v) is 22.2. The molecule has 37 heavy (non-hydrogen) atoms. The number of benzene rings is 1. The van der Waals surface area contributed by atoms with E-state index in [1.165, 1.54) is 31.4 Å². The van der Waals surface area contributed by atoms with Crippen molar-refractivity contribution in [1.82, 2.24) is 20.3 Å². The summed E-state index contributed by atoms with van der Waals surface area (Å²) in [7, 11) is 3.75. The molecule has 0 aliphatic heterocycles. The summed E-state index contributed by atoms with van der Waals surface area (Å²) in [5.74, 6) is -0.151. The highest BCUT2D eigenvalue weighted by Crippen LogP contribution is 2.29. The first-order chi connectivity index (χ1) is 17.7. The van der Waals surface area contributed by atoms with Crippen LogP contribution >= 0.6 is 11.9 Å². The molecule has 2 heterocycles. The number of nitrogens with one attached hydrogen (secondary N) is 3. The van der Waals surface area contributed by atoms with E-state index in [0.29, 0.717) is 28.8 Å². The summed E-state index contributed by atoms with van der Waals surface area (Å²) >= 11 is 0.822. The molecule has 11 heteroatoms. The molecule has 1 aliphatic rings. The topological polar surface area (TPSA) is 74.8 Å². The lowest BCUT2D eigenvalue weighted by Gasteiger charge is -2.22. The summed E-state index contributed by atoms with van der Waals surface area (Å²) in [5, 5.41) is 6.19. The number of aryl methyl sites for hydroxylation is 1. The van der Waals surface area contributed by atoms with Crippen molar-refractivity contribution in [3.8, 4) is 11.3 Å². The minimum absolute atomic E-state index is 0.134. The first kappa shape index (κ1) is 28.9. The fourth-order valence-corrected chi connectivity index (χ4v) is 4.81. The number of nitrogens with zero attached hydrogens (tertiary/aromatic N) is 3. The van der Waals surface area contributed by atoms with Crippen molar-refractivity contribution >= 4 is 34.6 Å². The van der Waals surface area contributed by atoms with Crippen molar-refractivity contribution in [1.29, 1.82) is 0 Å². The van der Waals surface area contributed by atoms with Crippen LogP contribution in [-0.2, 0) is 6.42 Å². The lowest BCUT2D eigenvalue weighted by molar-refractivity contribution is -0.129. The van der Waals surface area contributed by atoms with Crippen molar-refractivity contribution in [2.75, 3.05) is 29.9 Å². The quantitative estimate of drug-likeness (QED) is 0.162. The van der Waals surface area contributed by atoms with Crippen LogP contribution in [0.25, 0.3) is 22.3 Å². The van der Waals surface area contributed by atoms with Crippen molar-refractivity contribution in [2.24, 2.45) is 0 Å². The molecule has 2 aromatic heterocycles. The Hall–Kier alpha value is -2.66. The molecule has 1 aromatic carbocycles. The average molecular weight is 539 g/mol. The Bertz CT molecular complexity index is 1150. The second kappa shape index (κ2) is 13.8. The fourth-order valence-electron chi connectivity index (χ4n) is 4.06. The van der Waals surface area contributed by atoms with E-state index >= 15 is 0 Å². The Kier molecular flexibility index (Phi) is 10.7. The molecule has 1 fully saturated rings. The van der Waals surface area contributed by atoms with Gasteiger partial charge in [-0.3, -0.25) is 0 Å². The van der Waals surface area contributed by atoms with Crippen LogP contribution in [0.4, 0.5) is 29.2 Å². The molecule has 4 rings (SSSR count). The summed E-state index contributed by atoms with van der Waals surface area (Å²) in [6, 6.07) is 6.84. The summed E-state index contributed by atoms with van der Waals surface area (Å²) in [5.41, 5.74) is 3.70. The normalized spacial score (nSPS) is 14.2. The van der Waals surface area contributed by atoms with Crippen molar-refractivity contribution in [3.63, 3.8) is 0 Å². The van der Waals surface area contributed by atoms with E-state index in [0.717, 1.165) is 42.3 Å². The predicted octanol–water partition coefficient (Wildman–Crippen LogP) is 6.99. The molecule has 0 atom stereocenters. The van der Waals surface area contributed by atoms with Gasteiger partial charge >= 0.3 is 6.18 Å². The first-order valence-electron chi connectivity index (χ1n) is 12.5. The number of alkyl halides is 3. The molecule has 0 spiro atoms. The Morgan fingerprint density at radius 1 is 1.05 bits per heavy atom. The number of pyridine rings is 1. The van der Waals surface area contributed by atoms with E-state index < -0.39 is 18.4 Å². The molecular formula is C26H34F4N6S. The van der Waals surface area contributed by atoms with Crippen LogP contribution in [0.2, 0.25) is 0 Å². The highest BCUT2D eigenvalue weighted by Gasteiger charge is 2.26. The number of rotatable bonds is 8. The van der Waals surface area contributed by atoms with E-state index in [9.17, 15) is 17.6 Å². The van der Waals surface area contributed by atoms with Gasteiger partial charge in [-0.2, -0.15) is 13.2 Å². The van der Waals surface area contributed by atoms with Crippen molar-refractivity contribution < 1.29 is 17.6 Å². The lowest BCUT2D eigenvalue weighted by atomic mass is 9.96. The third kappa shape index (κ3) is 8.70. The zero-order valence-electron chi connectivity index (χ0n) is 21.4. The minimum Gasteiger partial charge on any atom is -0.351 e. The van der Waals surface area contributed by atoms with Crippen molar-refractivity contribution in [3.05, 3.63) is 41.8 Å². The highest BCUT2D eigenvalue weighted by atomic mass is 32.2. The Balaban J connectivity index is 0.00000121. The third-order valence-electron chi connectivity index (χ3n) is 5.88. The van der Waals surface area contributed by atoms with Crippen LogP contribution in [0.1, 0.15) is 51.0 Å². The van der Waals surface area contributed by atoms with Crippen LogP contribution < -0.4 is 15.4 Å². The summed E-state index contributed by atoms with van der Waals surface area (Å²) in [4.78, 5) is 13.8. The first-order valence-corrected chi connectivity index (χ1v) is 13.5. The standard InChI is InChI=1S/C24H27F4N5S.C2H7N/c1-2-15-13-20(16-8-9-19(18(25)12-16)33-34-11-10-24(26,27)28)31-21-14-29-23(32-22(15)21)30-17-6-4-3-5-7-17;1-3-2/h8-9,12-14,17,33H,2-7,10-11H2,1H3,(H,29,30,32);3H,1-2H3. The van der Waals surface area contributed by atoms with Gasteiger partial charge in [-0.25, -0.2) is 19.3 Å². The number of halogens is 4. The molecule has 0 saturated heterocycles. The Morgan fingerprint density at radius 3 is 2.43 bits per heavy atom. The number of anilines is 2. The van der Waals surface area contributed by atoms with Gasteiger partial charge in [0.25, 0.3) is 0 Å². The van der Waals surface area contributed by atoms with Crippen LogP contribution in [0, 0.1) is 5.82 Å². The Labute approximate surface area is 219 Å². The molecule has 0 bridgehead atoms. The molecule has 6 nitrogen and oxygen atoms in total. The molecule has 3 aromatic rings. The smallest absolute Gasteiger partial charge is 0.351 e. The number of hydrogen-bond donors (Lipinski definition) is 3. The molecule has 1 saturated carbocycles. The number of fused-ring (bicyclic) bond motifs is 1. The van der Waals surface area contributed by atoms with Gasteiger partial charge in [0.1, 0.15) is 11.3 Å². The lowest BCUT2D eigenvalue weighted by Crippen LogP contribution is -2.23. The molecular weight excluding hydrogens is 504 g/mol. The SMILES string of the molecule is CCc1cc(-c2ccc(NSCCC(F)(F)F)c(F)c2)nc2cnc(NC3CCCCC3)nc12.CNC. The van der Waals surface area contributed by atoms with Crippen LogP contribution in [0.3, 0.4) is 0 Å². The van der Waals surface area contributed by atoms with Crippen molar-refractivity contribution in [2.45, 2.75) is 64.1 Å². The number of aromatic nitrogens is 3. The van der Waals surface area contributed by atoms with Gasteiger partial charge in [0, 0.05) is 17.4 Å². The summed E-state index contributed by atoms with van der Waals surface area (Å²) < 4.78 is 54.1. The zero-order chi connectivity index (χ0) is 26.8. The van der Waals surface area contributed by atoms with Gasteiger partial charge in [0.15, 0.2) is 0 Å². The number of hydrogen-bond acceptors (Lipinski definition) is 7. The second-order valence-corrected chi connectivity index (χ2v) is 9.84. The molecule has 0 radical (unpaired) electrons. The molecule has 0 amide bonds. The van der Waals surface area contributed by atoms with Gasteiger partial charge in [0.05, 0.1) is 29.5 Å². The monoisotopic (exact) mass is 538 g/mol. The molecule has 1 aliphatic carbocycles. The van der Waals surface area contributed by atoms with E-state index in [2.05, 4.69) is 25.3 Å². The van der Waals surface area contributed by atoms with E-state index in [1.807, 2.05) is 27.1 Å². The summed E-state index contributed by atoms with van der Waals surface area (Å²) in [6.45, 7) is 2.03. The van der Waals surface area contributed by atoms with Gasteiger partial charge < -0.3 is 15.4 Å². The largest absolute Gasteiger partial charge is 0.389 e. The molecule has 0 unspecified atom stereocenters. The average Bonchev–Trinajstić information content (AvgIpc) is 2.87. The van der Waals surface area contributed by atoms with E-state index in [4.69, 9.17) is 4.98 Å². The summed E-state index contributed by atoms with van der Waals surface area (Å²) in [6.07, 6.45) is 3.20. The van der Waals surface area contributed by atoms with E-state index in [-0.39, 0.29) is 11.4 Å². The molecule has 3 N–H and O–H groups in total. The van der Waals surface area contributed by atoms with Crippen LogP contribution in [0.15, 0.2) is 30.5 Å². The maximum Gasteiger partial charge on any atom is 0.389 e.